The summed E-state index contributed by atoms with van der Waals surface area (Å²) in [5.41, 5.74) is 0.705. The average Bonchev–Trinajstić information content (AvgIpc) is 3.16. The Balaban J connectivity index is 1.57. The third-order valence-corrected chi connectivity index (χ3v) is 7.49. The molecule has 0 saturated carbocycles. The Kier molecular flexibility index (Phi) is 8.23. The number of rotatable bonds is 9. The minimum atomic E-state index is -1.64. The Morgan fingerprint density at radius 2 is 1.77 bits per heavy atom. The molecule has 1 aliphatic rings. The highest BCUT2D eigenvalue weighted by Crippen LogP contribution is 2.33. The van der Waals surface area contributed by atoms with Crippen molar-refractivity contribution >= 4 is 46.1 Å². The van der Waals surface area contributed by atoms with Gasteiger partial charge in [0.05, 0.1) is 28.2 Å². The summed E-state index contributed by atoms with van der Waals surface area (Å²) in [6.45, 7) is 7.17. The highest BCUT2D eigenvalue weighted by molar-refractivity contribution is 6.33. The van der Waals surface area contributed by atoms with Gasteiger partial charge in [-0.15, -0.1) is 0 Å². The van der Waals surface area contributed by atoms with Gasteiger partial charge in [0.15, 0.2) is 11.6 Å². The number of nitrogens with one attached hydrogen (secondary N) is 1. The van der Waals surface area contributed by atoms with Crippen LogP contribution in [0.15, 0.2) is 71.5 Å². The van der Waals surface area contributed by atoms with E-state index in [2.05, 4.69) is 10.3 Å². The summed E-state index contributed by atoms with van der Waals surface area (Å²) in [5.74, 6) is -0.912. The van der Waals surface area contributed by atoms with Crippen molar-refractivity contribution in [2.75, 3.05) is 11.9 Å². The zero-order valence-electron chi connectivity index (χ0n) is 24.2. The number of imide groups is 1. The molecule has 3 aromatic carbocycles. The lowest BCUT2D eigenvalue weighted by Crippen LogP contribution is -2.46. The Morgan fingerprint density at radius 3 is 2.47 bits per heavy atom. The van der Waals surface area contributed by atoms with Gasteiger partial charge in [-0.05, 0) is 70.0 Å². The number of amides is 3. The van der Waals surface area contributed by atoms with Crippen LogP contribution in [0.3, 0.4) is 0 Å². The van der Waals surface area contributed by atoms with Crippen molar-refractivity contribution in [1.29, 1.82) is 0 Å². The first kappa shape index (κ1) is 29.8. The molecule has 11 heteroatoms. The number of nitrogens with zero attached hydrogens (tertiary/aromatic N) is 3. The number of para-hydroxylation sites is 2. The fraction of sp³-hybridized carbons (Fsp3) is 0.281. The fourth-order valence-electron chi connectivity index (χ4n) is 5.00. The molecular weight excluding hydrogens is 572 g/mol. The number of aryl methyl sites for hydroxylation is 2. The lowest BCUT2D eigenvalue weighted by molar-refractivity contribution is -0.139. The number of anilines is 1. The van der Waals surface area contributed by atoms with E-state index in [1.165, 1.54) is 18.4 Å². The maximum Gasteiger partial charge on any atom is 0.418 e. The topological polar surface area (TPSA) is 120 Å². The minimum absolute atomic E-state index is 0.0905. The first-order valence-electron chi connectivity index (χ1n) is 13.8. The molecule has 0 aliphatic carbocycles. The highest BCUT2D eigenvalue weighted by atomic mass is 35.5. The number of ether oxygens (including phenoxy) is 2. The number of carbonyl (C=O) groups is 3. The van der Waals surface area contributed by atoms with Gasteiger partial charge in [-0.25, -0.2) is 14.7 Å². The van der Waals surface area contributed by atoms with Crippen LogP contribution in [0, 0.1) is 13.8 Å². The van der Waals surface area contributed by atoms with Gasteiger partial charge < -0.3 is 14.8 Å². The second kappa shape index (κ2) is 11.9. The first-order valence-corrected chi connectivity index (χ1v) is 14.2. The van der Waals surface area contributed by atoms with Crippen LogP contribution in [0.1, 0.15) is 43.3 Å². The summed E-state index contributed by atoms with van der Waals surface area (Å²) >= 11 is 6.30. The van der Waals surface area contributed by atoms with E-state index in [0.29, 0.717) is 22.2 Å². The van der Waals surface area contributed by atoms with Crippen molar-refractivity contribution in [3.63, 3.8) is 0 Å². The lowest BCUT2D eigenvalue weighted by Gasteiger charge is -2.26. The Labute approximate surface area is 253 Å². The summed E-state index contributed by atoms with van der Waals surface area (Å²) in [6, 6.07) is 17.4. The van der Waals surface area contributed by atoms with Crippen LogP contribution < -0.4 is 15.6 Å². The van der Waals surface area contributed by atoms with Crippen LogP contribution in [0.5, 0.6) is 5.75 Å². The van der Waals surface area contributed by atoms with E-state index in [4.69, 9.17) is 21.1 Å². The quantitative estimate of drug-likeness (QED) is 0.249. The van der Waals surface area contributed by atoms with Crippen LogP contribution in [0.25, 0.3) is 10.9 Å². The Bertz CT molecular complexity index is 1800. The lowest BCUT2D eigenvalue weighted by atomic mass is 10.1. The van der Waals surface area contributed by atoms with Gasteiger partial charge >= 0.3 is 6.09 Å². The highest BCUT2D eigenvalue weighted by Gasteiger charge is 2.53. The number of halogens is 1. The van der Waals surface area contributed by atoms with Crippen molar-refractivity contribution in [2.45, 2.75) is 52.3 Å². The van der Waals surface area contributed by atoms with E-state index in [0.717, 1.165) is 16.9 Å². The zero-order chi connectivity index (χ0) is 30.9. The molecule has 43 heavy (non-hydrogen) atoms. The number of aromatic nitrogens is 2. The maximum atomic E-state index is 14.0. The summed E-state index contributed by atoms with van der Waals surface area (Å²) in [7, 11) is 0. The standard InChI is InChI=1S/C32H31ClN4O6/c1-19-14-15-25(20(2)18-19)42-17-9-16-36-27(34-23-12-7-5-10-21(23)29(36)39)26(37-30(40)32(3,4)43-31(37)41)28(38)35-24-13-8-6-11-22(24)33/h5-8,10-15,18,26H,9,16-17H2,1-4H3,(H,35,38). The van der Waals surface area contributed by atoms with Crippen LogP contribution in [0.2, 0.25) is 5.02 Å². The predicted molar refractivity (Wildman–Crippen MR) is 162 cm³/mol. The van der Waals surface area contributed by atoms with Crippen molar-refractivity contribution in [1.82, 2.24) is 14.5 Å². The summed E-state index contributed by atoms with van der Waals surface area (Å²) in [4.78, 5) is 59.8. The minimum Gasteiger partial charge on any atom is -0.493 e. The predicted octanol–water partition coefficient (Wildman–Crippen LogP) is 5.57. The van der Waals surface area contributed by atoms with Crippen LogP contribution >= 0.6 is 11.6 Å². The zero-order valence-corrected chi connectivity index (χ0v) is 25.0. The van der Waals surface area contributed by atoms with Crippen molar-refractivity contribution < 1.29 is 23.9 Å². The van der Waals surface area contributed by atoms with Crippen molar-refractivity contribution in [3.05, 3.63) is 99.1 Å². The first-order chi connectivity index (χ1) is 20.5. The van der Waals surface area contributed by atoms with Gasteiger partial charge in [-0.1, -0.05) is 53.6 Å². The molecule has 1 saturated heterocycles. The number of carbonyl (C=O) groups excluding carboxylic acids is 3. The molecule has 1 atom stereocenters. The molecule has 1 aliphatic heterocycles. The van der Waals surface area contributed by atoms with E-state index in [1.54, 1.807) is 48.5 Å². The molecule has 1 fully saturated rings. The summed E-state index contributed by atoms with van der Waals surface area (Å²) in [5, 5.41) is 3.27. The van der Waals surface area contributed by atoms with E-state index in [9.17, 15) is 19.2 Å². The molecule has 2 heterocycles. The molecule has 0 radical (unpaired) electrons. The van der Waals surface area contributed by atoms with Gasteiger partial charge in [0.2, 0.25) is 0 Å². The monoisotopic (exact) mass is 602 g/mol. The molecule has 1 unspecified atom stereocenters. The normalized spacial score (nSPS) is 15.0. The van der Waals surface area contributed by atoms with Crippen LogP contribution in [-0.4, -0.2) is 44.6 Å². The van der Waals surface area contributed by atoms with Crippen molar-refractivity contribution in [2.24, 2.45) is 0 Å². The van der Waals surface area contributed by atoms with E-state index >= 15 is 0 Å². The van der Waals surface area contributed by atoms with Crippen molar-refractivity contribution in [3.8, 4) is 5.75 Å². The Morgan fingerprint density at radius 1 is 1.05 bits per heavy atom. The molecular formula is C32H31ClN4O6. The number of benzene rings is 3. The second-order valence-electron chi connectivity index (χ2n) is 10.8. The molecule has 1 N–H and O–H groups in total. The third kappa shape index (κ3) is 5.96. The number of fused-ring (bicyclic) bond motifs is 1. The number of cyclic esters (lactones) is 1. The molecule has 0 spiro atoms. The summed E-state index contributed by atoms with van der Waals surface area (Å²) < 4.78 is 12.6. The molecule has 3 amide bonds. The second-order valence-corrected chi connectivity index (χ2v) is 11.2. The smallest absolute Gasteiger partial charge is 0.418 e. The molecule has 4 aromatic rings. The third-order valence-electron chi connectivity index (χ3n) is 7.16. The van der Waals surface area contributed by atoms with Crippen LogP contribution in [-0.2, 0) is 20.9 Å². The van der Waals surface area contributed by atoms with Gasteiger partial charge in [0, 0.05) is 6.54 Å². The average molecular weight is 603 g/mol. The van der Waals surface area contributed by atoms with Crippen LogP contribution in [0.4, 0.5) is 10.5 Å². The largest absolute Gasteiger partial charge is 0.493 e. The van der Waals surface area contributed by atoms with Gasteiger partial charge in [-0.3, -0.25) is 19.0 Å². The van der Waals surface area contributed by atoms with E-state index < -0.39 is 35.1 Å². The SMILES string of the molecule is Cc1ccc(OCCCn2c(C(C(=O)Nc3ccccc3Cl)N3C(=O)OC(C)(C)C3=O)nc3ccccc3c2=O)c(C)c1. The van der Waals surface area contributed by atoms with Gasteiger partial charge in [0.25, 0.3) is 17.4 Å². The van der Waals surface area contributed by atoms with E-state index in [-0.39, 0.29) is 29.7 Å². The molecule has 1 aromatic heterocycles. The molecule has 222 valence electrons. The maximum absolute atomic E-state index is 14.0. The molecule has 0 bridgehead atoms. The Hall–Kier alpha value is -4.70. The van der Waals surface area contributed by atoms with Gasteiger partial charge in [-0.2, -0.15) is 0 Å². The van der Waals surface area contributed by atoms with E-state index in [1.807, 2.05) is 32.0 Å². The summed E-state index contributed by atoms with van der Waals surface area (Å²) in [6.07, 6.45) is -0.662. The van der Waals surface area contributed by atoms with Gasteiger partial charge in [0.1, 0.15) is 11.6 Å². The fourth-order valence-corrected chi connectivity index (χ4v) is 5.18. The number of hydrogen-bond donors (Lipinski definition) is 1. The molecule has 5 rings (SSSR count). The molecule has 10 nitrogen and oxygen atoms in total. The number of hydrogen-bond acceptors (Lipinski definition) is 7.